The Labute approximate surface area is 385 Å². The monoisotopic (exact) mass is 869 g/mol. The summed E-state index contributed by atoms with van der Waals surface area (Å²) in [5.74, 6) is 1.89. The second-order valence-corrected chi connectivity index (χ2v) is 21.6. The molecule has 1 fully saturated rings. The highest BCUT2D eigenvalue weighted by Crippen LogP contribution is 2.58. The maximum Gasteiger partial charge on any atom is 0.131 e. The summed E-state index contributed by atoms with van der Waals surface area (Å²) in [4.78, 5) is 14.1. The van der Waals surface area contributed by atoms with Gasteiger partial charge in [0.2, 0.25) is 0 Å². The lowest BCUT2D eigenvalue weighted by Gasteiger charge is -2.50. The molecule has 7 heteroatoms. The van der Waals surface area contributed by atoms with Crippen molar-refractivity contribution in [2.45, 2.75) is 89.9 Å². The zero-order valence-electron chi connectivity index (χ0n) is 35.7. The number of hydrogen-bond donors (Lipinski definition) is 2. The molecule has 0 aromatic heterocycles. The smallest absolute Gasteiger partial charge is 0.131 e. The number of nitrogens with zero attached hydrogens (tertiary/aromatic N) is 3. The van der Waals surface area contributed by atoms with Crippen molar-refractivity contribution >= 4 is 40.6 Å². The summed E-state index contributed by atoms with van der Waals surface area (Å²) in [7, 11) is 0. The summed E-state index contributed by atoms with van der Waals surface area (Å²) in [6.45, 7) is 0. The summed E-state index contributed by atoms with van der Waals surface area (Å²) in [6, 6.07) is 41.2. The standard InChI is InChI=1S/C57H51N5S2/c1-3-15-34(16-4-1)55-58-56(35-17-5-2-6-18-35)60-57(59-55)45-29-36(61-46-23-11-7-19-37(46)41-30-43-39-21-9-13-25-51(39)63-53(43)32-49(41)61)27-28-48(45)62-47-24-12-8-20-38(47)42-31-44-40-22-10-14-26-52(40)64-54(44)33-50(42)62/h1-10,12-22,24-25,27-28,30-31,33,36,41-42,45,48-50,52-53,55,57,59H,11,23,26,29,32H2,(H,58,60). The molecule has 4 aromatic carbocycles. The minimum absolute atomic E-state index is 0.0419. The van der Waals surface area contributed by atoms with E-state index in [9.17, 15) is 0 Å². The van der Waals surface area contributed by atoms with E-state index < -0.39 is 0 Å². The topological polar surface area (TPSA) is 42.9 Å². The predicted molar refractivity (Wildman–Crippen MR) is 265 cm³/mol. The van der Waals surface area contributed by atoms with Crippen molar-refractivity contribution in [2.75, 3.05) is 4.90 Å². The summed E-state index contributed by atoms with van der Waals surface area (Å²) in [5.41, 5.74) is 14.3. The van der Waals surface area contributed by atoms with Crippen molar-refractivity contribution in [3.63, 3.8) is 0 Å². The van der Waals surface area contributed by atoms with Crippen LogP contribution >= 0.6 is 23.5 Å². The molecule has 316 valence electrons. The number of rotatable bonds is 5. The van der Waals surface area contributed by atoms with Crippen molar-refractivity contribution in [3.05, 3.63) is 220 Å². The number of hydrogen-bond acceptors (Lipinski definition) is 7. The number of benzene rings is 4. The van der Waals surface area contributed by atoms with E-state index in [1.54, 1.807) is 16.8 Å². The largest absolute Gasteiger partial charge is 0.364 e. The van der Waals surface area contributed by atoms with Crippen molar-refractivity contribution in [3.8, 4) is 0 Å². The highest BCUT2D eigenvalue weighted by atomic mass is 32.2. The second kappa shape index (κ2) is 15.0. The normalized spacial score (nSPS) is 33.6. The number of nitrogens with one attached hydrogen (secondary N) is 2. The average Bonchev–Trinajstić information content (AvgIpc) is 4.10. The van der Waals surface area contributed by atoms with Gasteiger partial charge in [0.1, 0.15) is 12.0 Å². The van der Waals surface area contributed by atoms with Crippen LogP contribution in [-0.2, 0) is 0 Å². The van der Waals surface area contributed by atoms with Gasteiger partial charge in [-0.05, 0) is 89.3 Å². The Kier molecular flexibility index (Phi) is 8.90. The molecule has 0 radical (unpaired) electrons. The molecule has 5 aliphatic carbocycles. The molecular formula is C57H51N5S2. The maximum atomic E-state index is 5.41. The first-order chi connectivity index (χ1) is 31.7. The van der Waals surface area contributed by atoms with Crippen LogP contribution in [0.15, 0.2) is 207 Å². The van der Waals surface area contributed by atoms with Crippen LogP contribution in [0.5, 0.6) is 0 Å². The molecule has 0 amide bonds. The third kappa shape index (κ3) is 5.92. The number of aliphatic imine (C=N–C) groups is 1. The van der Waals surface area contributed by atoms with Crippen LogP contribution in [0, 0.1) is 11.8 Å². The van der Waals surface area contributed by atoms with Gasteiger partial charge < -0.3 is 15.1 Å². The highest BCUT2D eigenvalue weighted by Gasteiger charge is 2.52. The summed E-state index contributed by atoms with van der Waals surface area (Å²) >= 11 is 4.18. The van der Waals surface area contributed by atoms with Gasteiger partial charge in [0.05, 0.1) is 18.2 Å². The van der Waals surface area contributed by atoms with Gasteiger partial charge >= 0.3 is 0 Å². The number of allylic oxidation sites excluding steroid dienone is 7. The van der Waals surface area contributed by atoms with Gasteiger partial charge in [-0.1, -0.05) is 152 Å². The summed E-state index contributed by atoms with van der Waals surface area (Å²) in [5, 5.41) is 9.29. The van der Waals surface area contributed by atoms with Crippen molar-refractivity contribution in [1.29, 1.82) is 0 Å². The van der Waals surface area contributed by atoms with Crippen LogP contribution in [0.3, 0.4) is 0 Å². The number of fused-ring (bicyclic) bond motifs is 11. The molecular weight excluding hydrogens is 819 g/mol. The zero-order chi connectivity index (χ0) is 41.9. The summed E-state index contributed by atoms with van der Waals surface area (Å²) < 4.78 is 0. The molecule has 4 aromatic rings. The first-order valence-electron chi connectivity index (χ1n) is 23.6. The fourth-order valence-electron chi connectivity index (χ4n) is 13.0. The van der Waals surface area contributed by atoms with Gasteiger partial charge in [-0.3, -0.25) is 5.32 Å². The Morgan fingerprint density at radius 3 is 2.47 bits per heavy atom. The van der Waals surface area contributed by atoms with Crippen LogP contribution in [0.2, 0.25) is 0 Å². The molecule has 10 aliphatic rings. The minimum atomic E-state index is -0.175. The lowest BCUT2D eigenvalue weighted by molar-refractivity contribution is 0.144. The van der Waals surface area contributed by atoms with Crippen LogP contribution < -0.4 is 15.5 Å². The molecule has 2 N–H and O–H groups in total. The Morgan fingerprint density at radius 2 is 1.55 bits per heavy atom. The van der Waals surface area contributed by atoms with Crippen molar-refractivity contribution in [2.24, 2.45) is 16.8 Å². The van der Waals surface area contributed by atoms with E-state index in [0.717, 1.165) is 37.1 Å². The highest BCUT2D eigenvalue weighted by molar-refractivity contribution is 8.04. The molecule has 11 atom stereocenters. The molecule has 64 heavy (non-hydrogen) atoms. The second-order valence-electron chi connectivity index (χ2n) is 19.1. The van der Waals surface area contributed by atoms with Gasteiger partial charge in [0.15, 0.2) is 0 Å². The molecule has 0 bridgehead atoms. The first-order valence-corrected chi connectivity index (χ1v) is 25.4. The van der Waals surface area contributed by atoms with E-state index in [1.807, 2.05) is 0 Å². The zero-order valence-corrected chi connectivity index (χ0v) is 37.3. The van der Waals surface area contributed by atoms with Gasteiger partial charge in [0, 0.05) is 67.1 Å². The summed E-state index contributed by atoms with van der Waals surface area (Å²) in [6.07, 6.45) is 30.5. The number of amidine groups is 1. The Morgan fingerprint density at radius 1 is 0.703 bits per heavy atom. The van der Waals surface area contributed by atoms with Gasteiger partial charge in [-0.25, -0.2) is 4.99 Å². The van der Waals surface area contributed by atoms with E-state index >= 15 is 0 Å². The Bertz CT molecular complexity index is 2870. The number of para-hydroxylation sites is 1. The van der Waals surface area contributed by atoms with E-state index in [2.05, 4.69) is 214 Å². The fraction of sp³-hybridized carbons (Fsp3) is 0.281. The molecule has 5 heterocycles. The van der Waals surface area contributed by atoms with Gasteiger partial charge in [-0.15, -0.1) is 23.5 Å². The molecule has 5 nitrogen and oxygen atoms in total. The Balaban J connectivity index is 0.887. The van der Waals surface area contributed by atoms with Gasteiger partial charge in [-0.2, -0.15) is 0 Å². The van der Waals surface area contributed by atoms with E-state index in [-0.39, 0.29) is 36.4 Å². The predicted octanol–water partition coefficient (Wildman–Crippen LogP) is 11.6. The van der Waals surface area contributed by atoms with Crippen molar-refractivity contribution in [1.82, 2.24) is 15.5 Å². The maximum absolute atomic E-state index is 5.41. The molecule has 14 rings (SSSR count). The molecule has 11 unspecified atom stereocenters. The molecule has 5 aliphatic heterocycles. The van der Waals surface area contributed by atoms with E-state index in [4.69, 9.17) is 4.99 Å². The SMILES string of the molecule is C1=CCC2SC3=CC4C(C=C3C2=C1)c1ccccc1N4C1C=CC(N2C3=C(C=CCC3)C3C=C4c5ccccc5SC4CC32)CC1C1NC(c2ccccc2)=NC(c2ccccc2)N1. The fourth-order valence-corrected chi connectivity index (χ4v) is 15.8. The van der Waals surface area contributed by atoms with E-state index in [1.165, 1.54) is 49.7 Å². The van der Waals surface area contributed by atoms with E-state index in [0.29, 0.717) is 28.4 Å². The third-order valence-corrected chi connectivity index (χ3v) is 18.5. The molecule has 1 saturated heterocycles. The number of thioether (sulfide) groups is 2. The minimum Gasteiger partial charge on any atom is -0.364 e. The third-order valence-electron chi connectivity index (χ3n) is 15.8. The number of anilines is 1. The Hall–Kier alpha value is -5.47. The molecule has 0 saturated carbocycles. The van der Waals surface area contributed by atoms with Crippen LogP contribution in [0.1, 0.15) is 66.4 Å². The lowest BCUT2D eigenvalue weighted by Crippen LogP contribution is -2.62. The average molecular weight is 870 g/mol. The first kappa shape index (κ1) is 37.9. The van der Waals surface area contributed by atoms with Crippen LogP contribution in [-0.4, -0.2) is 51.6 Å². The van der Waals surface area contributed by atoms with Crippen LogP contribution in [0.25, 0.3) is 5.57 Å². The lowest BCUT2D eigenvalue weighted by atomic mass is 9.78. The van der Waals surface area contributed by atoms with Gasteiger partial charge in [0.25, 0.3) is 0 Å². The van der Waals surface area contributed by atoms with Crippen LogP contribution in [0.4, 0.5) is 5.69 Å². The molecule has 0 spiro atoms. The quantitative estimate of drug-likeness (QED) is 0.195. The van der Waals surface area contributed by atoms with Crippen molar-refractivity contribution < 1.29 is 0 Å².